The van der Waals surface area contributed by atoms with E-state index < -0.39 is 17.9 Å². The molecule has 1 atom stereocenters. The Bertz CT molecular complexity index is 780. The minimum absolute atomic E-state index is 0.109. The van der Waals surface area contributed by atoms with E-state index in [0.29, 0.717) is 17.0 Å². The average Bonchev–Trinajstić information content (AvgIpc) is 3.18. The van der Waals surface area contributed by atoms with Gasteiger partial charge in [-0.1, -0.05) is 30.3 Å². The molecule has 1 amide bonds. The molecule has 1 aromatic heterocycles. The van der Waals surface area contributed by atoms with Crippen LogP contribution in [0.4, 0.5) is 0 Å². The molecule has 7 heteroatoms. The van der Waals surface area contributed by atoms with Crippen LogP contribution in [-0.2, 0) is 14.3 Å². The predicted octanol–water partition coefficient (Wildman–Crippen LogP) is 1.57. The van der Waals surface area contributed by atoms with Crippen molar-refractivity contribution < 1.29 is 18.7 Å². The normalized spacial score (nSPS) is 13.2. The molecule has 130 valence electrons. The molecule has 7 nitrogen and oxygen atoms in total. The molecule has 25 heavy (non-hydrogen) atoms. The molecular weight excluding hydrogens is 322 g/mol. The van der Waals surface area contributed by atoms with Crippen LogP contribution in [0.1, 0.15) is 17.4 Å². The van der Waals surface area contributed by atoms with Crippen LogP contribution in [0, 0.1) is 0 Å². The summed E-state index contributed by atoms with van der Waals surface area (Å²) in [7, 11) is 2.81. The van der Waals surface area contributed by atoms with Crippen LogP contribution >= 0.6 is 0 Å². The Hall–Kier alpha value is -3.35. The minimum atomic E-state index is -0.962. The fourth-order valence-corrected chi connectivity index (χ4v) is 2.14. The van der Waals surface area contributed by atoms with Crippen LogP contribution in [0.2, 0.25) is 0 Å². The number of allylic oxidation sites excluding steroid dienone is 1. The molecule has 0 saturated heterocycles. The van der Waals surface area contributed by atoms with E-state index >= 15 is 0 Å². The van der Waals surface area contributed by atoms with Crippen molar-refractivity contribution in [3.05, 3.63) is 71.8 Å². The van der Waals surface area contributed by atoms with E-state index in [4.69, 9.17) is 14.9 Å². The maximum atomic E-state index is 12.4. The van der Waals surface area contributed by atoms with Gasteiger partial charge < -0.3 is 20.2 Å². The molecular formula is C18H19N3O4. The van der Waals surface area contributed by atoms with Crippen LogP contribution in [0.15, 0.2) is 69.9 Å². The van der Waals surface area contributed by atoms with Gasteiger partial charge in [0, 0.05) is 7.05 Å². The largest absolute Gasteiger partial charge is 0.467 e. The van der Waals surface area contributed by atoms with Gasteiger partial charge in [0.1, 0.15) is 5.71 Å². The summed E-state index contributed by atoms with van der Waals surface area (Å²) in [5.74, 6) is -0.736. The van der Waals surface area contributed by atoms with Crippen molar-refractivity contribution in [1.82, 2.24) is 5.32 Å². The maximum Gasteiger partial charge on any atom is 0.333 e. The van der Waals surface area contributed by atoms with Crippen LogP contribution in [0.25, 0.3) is 0 Å². The Morgan fingerprint density at radius 3 is 2.52 bits per heavy atom. The number of carbonyl (C=O) groups is 2. The van der Waals surface area contributed by atoms with E-state index in [1.807, 2.05) is 0 Å². The molecule has 1 heterocycles. The summed E-state index contributed by atoms with van der Waals surface area (Å²) in [5.41, 5.74) is 6.73. The van der Waals surface area contributed by atoms with Gasteiger partial charge in [-0.05, 0) is 23.8 Å². The lowest BCUT2D eigenvalue weighted by atomic mass is 10.1. The summed E-state index contributed by atoms with van der Waals surface area (Å²) in [6, 6.07) is 11.2. The highest BCUT2D eigenvalue weighted by molar-refractivity contribution is 6.11. The molecule has 0 unspecified atom stereocenters. The lowest BCUT2D eigenvalue weighted by Crippen LogP contribution is -2.37. The van der Waals surface area contributed by atoms with E-state index in [-0.39, 0.29) is 5.70 Å². The number of hydrogen-bond donors (Lipinski definition) is 2. The van der Waals surface area contributed by atoms with Crippen molar-refractivity contribution in [2.24, 2.45) is 10.7 Å². The summed E-state index contributed by atoms with van der Waals surface area (Å²) < 4.78 is 9.99. The summed E-state index contributed by atoms with van der Waals surface area (Å²) in [4.78, 5) is 28.4. The number of esters is 1. The van der Waals surface area contributed by atoms with E-state index in [1.54, 1.807) is 49.5 Å². The monoisotopic (exact) mass is 341 g/mol. The zero-order chi connectivity index (χ0) is 18.2. The Morgan fingerprint density at radius 2 is 1.96 bits per heavy atom. The van der Waals surface area contributed by atoms with Crippen molar-refractivity contribution in [3.8, 4) is 0 Å². The van der Waals surface area contributed by atoms with E-state index in [2.05, 4.69) is 10.3 Å². The standard InChI is InChI=1S/C18H19N3O4/c1-20-14(15-9-6-10-25-15)11-13(19)17(22)21-16(18(23)24-2)12-7-4-3-5-8-12/h3-11,16H,19H2,1-2H3,(H,21,22)/b13-11-,20-14?/t16-/m0/s1. The summed E-state index contributed by atoms with van der Waals surface area (Å²) in [6.45, 7) is 0. The number of carbonyl (C=O) groups excluding carboxylic acids is 2. The number of ether oxygens (including phenoxy) is 1. The molecule has 1 aromatic carbocycles. The van der Waals surface area contributed by atoms with Gasteiger partial charge >= 0.3 is 5.97 Å². The zero-order valence-corrected chi connectivity index (χ0v) is 13.9. The fraction of sp³-hybridized carbons (Fsp3) is 0.167. The number of benzene rings is 1. The second-order valence-electron chi connectivity index (χ2n) is 5.03. The molecule has 0 fully saturated rings. The smallest absolute Gasteiger partial charge is 0.333 e. The van der Waals surface area contributed by atoms with Gasteiger partial charge in [-0.3, -0.25) is 9.79 Å². The number of nitrogens with two attached hydrogens (primary N) is 1. The molecule has 0 spiro atoms. The van der Waals surface area contributed by atoms with Crippen LogP contribution in [-0.4, -0.2) is 31.7 Å². The van der Waals surface area contributed by atoms with Crippen molar-refractivity contribution in [1.29, 1.82) is 0 Å². The summed E-state index contributed by atoms with van der Waals surface area (Å²) in [6.07, 6.45) is 2.88. The number of amides is 1. The molecule has 0 aliphatic rings. The topological polar surface area (TPSA) is 107 Å². The van der Waals surface area contributed by atoms with Crippen molar-refractivity contribution >= 4 is 17.6 Å². The van der Waals surface area contributed by atoms with Gasteiger partial charge in [-0.15, -0.1) is 0 Å². The number of furan rings is 1. The number of methoxy groups -OCH3 is 1. The van der Waals surface area contributed by atoms with Crippen molar-refractivity contribution in [2.45, 2.75) is 6.04 Å². The van der Waals surface area contributed by atoms with E-state index in [0.717, 1.165) is 0 Å². The Kier molecular flexibility index (Phi) is 6.11. The quantitative estimate of drug-likeness (QED) is 0.471. The number of aliphatic imine (C=N–C) groups is 1. The zero-order valence-electron chi connectivity index (χ0n) is 13.9. The Labute approximate surface area is 145 Å². The van der Waals surface area contributed by atoms with Crippen LogP contribution in [0.3, 0.4) is 0 Å². The number of rotatable bonds is 6. The molecule has 0 aliphatic carbocycles. The first-order valence-electron chi connectivity index (χ1n) is 7.48. The van der Waals surface area contributed by atoms with Gasteiger partial charge in [-0.2, -0.15) is 0 Å². The van der Waals surface area contributed by atoms with Crippen LogP contribution in [0.5, 0.6) is 0 Å². The number of nitrogens with zero attached hydrogens (tertiary/aromatic N) is 1. The second-order valence-corrected chi connectivity index (χ2v) is 5.03. The van der Waals surface area contributed by atoms with Crippen molar-refractivity contribution in [3.63, 3.8) is 0 Å². The van der Waals surface area contributed by atoms with Gasteiger partial charge in [0.2, 0.25) is 0 Å². The highest BCUT2D eigenvalue weighted by Crippen LogP contribution is 2.14. The molecule has 3 N–H and O–H groups in total. The highest BCUT2D eigenvalue weighted by atomic mass is 16.5. The van der Waals surface area contributed by atoms with Gasteiger partial charge in [-0.25, -0.2) is 4.79 Å². The molecule has 0 saturated carbocycles. The van der Waals surface area contributed by atoms with Crippen LogP contribution < -0.4 is 11.1 Å². The molecule has 0 bridgehead atoms. The third-order valence-electron chi connectivity index (χ3n) is 3.41. The lowest BCUT2D eigenvalue weighted by Gasteiger charge is -2.17. The third-order valence-corrected chi connectivity index (χ3v) is 3.41. The highest BCUT2D eigenvalue weighted by Gasteiger charge is 2.24. The fourth-order valence-electron chi connectivity index (χ4n) is 2.14. The Balaban J connectivity index is 2.20. The molecule has 2 aromatic rings. The lowest BCUT2D eigenvalue weighted by molar-refractivity contribution is -0.144. The maximum absolute atomic E-state index is 12.4. The third kappa shape index (κ3) is 4.57. The number of nitrogens with one attached hydrogen (secondary N) is 1. The first kappa shape index (κ1) is 18.0. The summed E-state index contributed by atoms with van der Waals surface area (Å²) >= 11 is 0. The minimum Gasteiger partial charge on any atom is -0.467 e. The number of hydrogen-bond acceptors (Lipinski definition) is 6. The van der Waals surface area contributed by atoms with Gasteiger partial charge in [0.25, 0.3) is 5.91 Å². The Morgan fingerprint density at radius 1 is 1.24 bits per heavy atom. The predicted molar refractivity (Wildman–Crippen MR) is 92.8 cm³/mol. The SMILES string of the molecule is CN=C(/C=C(\N)C(=O)N[C@H](C(=O)OC)c1ccccc1)c1ccco1. The second kappa shape index (κ2) is 8.49. The first-order chi connectivity index (χ1) is 12.1. The summed E-state index contributed by atoms with van der Waals surface area (Å²) in [5, 5.41) is 2.57. The van der Waals surface area contributed by atoms with E-state index in [1.165, 1.54) is 19.4 Å². The van der Waals surface area contributed by atoms with Gasteiger partial charge in [0.15, 0.2) is 11.8 Å². The molecule has 0 radical (unpaired) electrons. The average molecular weight is 341 g/mol. The molecule has 0 aliphatic heterocycles. The first-order valence-corrected chi connectivity index (χ1v) is 7.48. The molecule has 2 rings (SSSR count). The van der Waals surface area contributed by atoms with Crippen molar-refractivity contribution in [2.75, 3.05) is 14.2 Å². The van der Waals surface area contributed by atoms with Gasteiger partial charge in [0.05, 0.1) is 19.1 Å². The van der Waals surface area contributed by atoms with E-state index in [9.17, 15) is 9.59 Å².